The maximum atomic E-state index is 11.0. The molecule has 5 heteroatoms. The summed E-state index contributed by atoms with van der Waals surface area (Å²) in [5, 5.41) is 9.08. The second-order valence-corrected chi connectivity index (χ2v) is 3.73. The van der Waals surface area contributed by atoms with Crippen LogP contribution in [0.4, 0.5) is 0 Å². The summed E-state index contributed by atoms with van der Waals surface area (Å²) < 4.78 is 0. The van der Waals surface area contributed by atoms with Crippen LogP contribution in [0, 0.1) is 6.92 Å². The number of H-pyrrole nitrogens is 1. The minimum absolute atomic E-state index is 0.0132. The zero-order valence-corrected chi connectivity index (χ0v) is 9.25. The summed E-state index contributed by atoms with van der Waals surface area (Å²) in [6, 6.07) is 7.42. The van der Waals surface area contributed by atoms with E-state index in [1.54, 1.807) is 0 Å². The Hall–Kier alpha value is -1.81. The van der Waals surface area contributed by atoms with E-state index in [4.69, 9.17) is 16.7 Å². The van der Waals surface area contributed by atoms with E-state index in [0.717, 1.165) is 11.1 Å². The summed E-state index contributed by atoms with van der Waals surface area (Å²) in [6.07, 6.45) is 0. The second kappa shape index (κ2) is 3.98. The highest BCUT2D eigenvalue weighted by Gasteiger charge is 2.18. The van der Waals surface area contributed by atoms with Crippen molar-refractivity contribution in [1.82, 2.24) is 9.97 Å². The van der Waals surface area contributed by atoms with Gasteiger partial charge in [-0.05, 0) is 24.1 Å². The summed E-state index contributed by atoms with van der Waals surface area (Å²) in [5.41, 5.74) is 2.10. The Morgan fingerprint density at radius 3 is 2.75 bits per heavy atom. The van der Waals surface area contributed by atoms with Crippen LogP contribution in [-0.4, -0.2) is 21.0 Å². The van der Waals surface area contributed by atoms with E-state index in [0.29, 0.717) is 5.69 Å². The number of imidazole rings is 1. The molecule has 2 aromatic rings. The molecule has 0 aliphatic rings. The van der Waals surface area contributed by atoms with E-state index in [2.05, 4.69) is 9.97 Å². The Kier molecular flexibility index (Phi) is 2.66. The zero-order chi connectivity index (χ0) is 11.7. The van der Waals surface area contributed by atoms with Crippen LogP contribution in [0.5, 0.6) is 0 Å². The average Bonchev–Trinajstić information content (AvgIpc) is 2.61. The molecule has 0 bridgehead atoms. The van der Waals surface area contributed by atoms with Crippen LogP contribution in [0.2, 0.25) is 5.28 Å². The molecule has 0 unspecified atom stereocenters. The fraction of sp³-hybridized carbons (Fsp3) is 0.0909. The molecule has 16 heavy (non-hydrogen) atoms. The van der Waals surface area contributed by atoms with E-state index in [1.807, 2.05) is 31.2 Å². The number of aromatic carboxylic acids is 1. The molecule has 1 aromatic carbocycles. The van der Waals surface area contributed by atoms with Gasteiger partial charge in [0, 0.05) is 5.56 Å². The highest BCUT2D eigenvalue weighted by Crippen LogP contribution is 2.26. The molecule has 4 nitrogen and oxygen atoms in total. The zero-order valence-electron chi connectivity index (χ0n) is 8.49. The number of carbonyl (C=O) groups is 1. The van der Waals surface area contributed by atoms with Crippen molar-refractivity contribution < 1.29 is 9.90 Å². The van der Waals surface area contributed by atoms with Gasteiger partial charge >= 0.3 is 5.97 Å². The topological polar surface area (TPSA) is 66.0 Å². The van der Waals surface area contributed by atoms with Crippen LogP contribution in [-0.2, 0) is 0 Å². The number of hydrogen-bond acceptors (Lipinski definition) is 2. The van der Waals surface area contributed by atoms with Gasteiger partial charge in [-0.1, -0.05) is 24.3 Å². The number of hydrogen-bond donors (Lipinski definition) is 2. The lowest BCUT2D eigenvalue weighted by molar-refractivity contribution is 0.0692. The highest BCUT2D eigenvalue weighted by atomic mass is 35.5. The number of carboxylic acid groups (broad SMARTS) is 1. The minimum Gasteiger partial charge on any atom is -0.477 e. The molecule has 2 rings (SSSR count). The molecule has 0 fully saturated rings. The van der Waals surface area contributed by atoms with E-state index in [9.17, 15) is 4.79 Å². The maximum Gasteiger partial charge on any atom is 0.354 e. The van der Waals surface area contributed by atoms with E-state index in [-0.39, 0.29) is 11.0 Å². The number of carboxylic acids is 1. The number of halogens is 1. The largest absolute Gasteiger partial charge is 0.477 e. The van der Waals surface area contributed by atoms with Crippen LogP contribution < -0.4 is 0 Å². The highest BCUT2D eigenvalue weighted by molar-refractivity contribution is 6.28. The Morgan fingerprint density at radius 2 is 2.12 bits per heavy atom. The Bertz CT molecular complexity index is 549. The predicted molar refractivity (Wildman–Crippen MR) is 60.7 cm³/mol. The SMILES string of the molecule is Cc1ccccc1-c1nc(Cl)[nH]c1C(=O)O. The van der Waals surface area contributed by atoms with Gasteiger partial charge in [0.05, 0.1) is 0 Å². The predicted octanol–water partition coefficient (Wildman–Crippen LogP) is 2.74. The lowest BCUT2D eigenvalue weighted by atomic mass is 10.0. The Balaban J connectivity index is 2.64. The van der Waals surface area contributed by atoms with E-state index >= 15 is 0 Å². The van der Waals surface area contributed by atoms with Crippen molar-refractivity contribution in [2.24, 2.45) is 0 Å². The van der Waals surface area contributed by atoms with Gasteiger partial charge in [-0.15, -0.1) is 0 Å². The van der Waals surface area contributed by atoms with Gasteiger partial charge in [0.15, 0.2) is 5.69 Å². The number of aromatic nitrogens is 2. The average molecular weight is 237 g/mol. The molecule has 1 aromatic heterocycles. The normalized spacial score (nSPS) is 10.4. The molecule has 0 amide bonds. The fourth-order valence-corrected chi connectivity index (χ4v) is 1.71. The smallest absolute Gasteiger partial charge is 0.354 e. The van der Waals surface area contributed by atoms with Crippen LogP contribution in [0.15, 0.2) is 24.3 Å². The molecule has 0 saturated heterocycles. The molecule has 82 valence electrons. The van der Waals surface area contributed by atoms with Crippen molar-refractivity contribution in [3.8, 4) is 11.3 Å². The molecular formula is C11H9ClN2O2. The van der Waals surface area contributed by atoms with Gasteiger partial charge in [-0.25, -0.2) is 9.78 Å². The third kappa shape index (κ3) is 1.79. The molecule has 0 saturated carbocycles. The van der Waals surface area contributed by atoms with Crippen molar-refractivity contribution in [2.45, 2.75) is 6.92 Å². The molecule has 0 aliphatic heterocycles. The van der Waals surface area contributed by atoms with Crippen molar-refractivity contribution in [3.63, 3.8) is 0 Å². The standard InChI is InChI=1S/C11H9ClN2O2/c1-6-4-2-3-5-7(6)8-9(10(15)16)14-11(12)13-8/h2-5H,1H3,(H,13,14)(H,15,16). The third-order valence-electron chi connectivity index (χ3n) is 2.29. The first-order chi connectivity index (χ1) is 7.59. The van der Waals surface area contributed by atoms with E-state index in [1.165, 1.54) is 0 Å². The van der Waals surface area contributed by atoms with Crippen molar-refractivity contribution in [1.29, 1.82) is 0 Å². The van der Waals surface area contributed by atoms with Crippen molar-refractivity contribution in [2.75, 3.05) is 0 Å². The fourth-order valence-electron chi connectivity index (χ4n) is 1.53. The summed E-state index contributed by atoms with van der Waals surface area (Å²) in [7, 11) is 0. The first-order valence-electron chi connectivity index (χ1n) is 4.64. The molecule has 0 aliphatic carbocycles. The summed E-state index contributed by atoms with van der Waals surface area (Å²) >= 11 is 5.68. The Morgan fingerprint density at radius 1 is 1.44 bits per heavy atom. The number of rotatable bonds is 2. The molecule has 0 atom stereocenters. The van der Waals surface area contributed by atoms with Gasteiger partial charge < -0.3 is 10.1 Å². The lowest BCUT2D eigenvalue weighted by Crippen LogP contribution is -1.99. The molecular weight excluding hydrogens is 228 g/mol. The maximum absolute atomic E-state index is 11.0. The summed E-state index contributed by atoms with van der Waals surface area (Å²) in [5.74, 6) is -1.07. The Labute approximate surface area is 96.9 Å². The minimum atomic E-state index is -1.07. The van der Waals surface area contributed by atoms with Gasteiger partial charge in [0.2, 0.25) is 5.28 Å². The third-order valence-corrected chi connectivity index (χ3v) is 2.47. The molecule has 0 radical (unpaired) electrons. The monoisotopic (exact) mass is 236 g/mol. The molecule has 1 heterocycles. The van der Waals surface area contributed by atoms with Gasteiger partial charge in [-0.3, -0.25) is 0 Å². The number of aryl methyl sites for hydroxylation is 1. The van der Waals surface area contributed by atoms with E-state index < -0.39 is 5.97 Å². The van der Waals surface area contributed by atoms with Crippen LogP contribution in [0.3, 0.4) is 0 Å². The van der Waals surface area contributed by atoms with Gasteiger partial charge in [0.25, 0.3) is 0 Å². The first kappa shape index (κ1) is 10.7. The molecule has 2 N–H and O–H groups in total. The number of nitrogens with zero attached hydrogens (tertiary/aromatic N) is 1. The number of nitrogens with one attached hydrogen (secondary N) is 1. The van der Waals surface area contributed by atoms with Crippen LogP contribution in [0.25, 0.3) is 11.3 Å². The van der Waals surface area contributed by atoms with Crippen molar-refractivity contribution in [3.05, 3.63) is 40.8 Å². The first-order valence-corrected chi connectivity index (χ1v) is 5.02. The van der Waals surface area contributed by atoms with Crippen LogP contribution >= 0.6 is 11.6 Å². The number of benzene rings is 1. The summed E-state index contributed by atoms with van der Waals surface area (Å²) in [6.45, 7) is 1.89. The second-order valence-electron chi connectivity index (χ2n) is 3.37. The summed E-state index contributed by atoms with van der Waals surface area (Å²) in [4.78, 5) is 17.5. The number of aromatic amines is 1. The van der Waals surface area contributed by atoms with Crippen LogP contribution in [0.1, 0.15) is 16.1 Å². The molecule has 0 spiro atoms. The lowest BCUT2D eigenvalue weighted by Gasteiger charge is -2.02. The van der Waals surface area contributed by atoms with Gasteiger partial charge in [-0.2, -0.15) is 0 Å². The quantitative estimate of drug-likeness (QED) is 0.843. The van der Waals surface area contributed by atoms with Crippen molar-refractivity contribution >= 4 is 17.6 Å². The van der Waals surface area contributed by atoms with Gasteiger partial charge in [0.1, 0.15) is 5.69 Å².